The van der Waals surface area contributed by atoms with Crippen molar-refractivity contribution in [1.29, 1.82) is 0 Å². The lowest BCUT2D eigenvalue weighted by Crippen LogP contribution is -3.00. The molecule has 0 aliphatic carbocycles. The molecule has 1 fully saturated rings. The number of amides is 2. The van der Waals surface area contributed by atoms with Gasteiger partial charge in [0.1, 0.15) is 5.76 Å². The van der Waals surface area contributed by atoms with Crippen molar-refractivity contribution in [3.05, 3.63) is 59.0 Å². The first kappa shape index (κ1) is 21.3. The highest BCUT2D eigenvalue weighted by Gasteiger charge is 2.23. The minimum Gasteiger partial charge on any atom is -1.00 e. The minimum atomic E-state index is -0.148. The van der Waals surface area contributed by atoms with Crippen molar-refractivity contribution >= 4 is 23.4 Å². The van der Waals surface area contributed by atoms with Crippen LogP contribution >= 0.6 is 11.6 Å². The van der Waals surface area contributed by atoms with Gasteiger partial charge in [-0.3, -0.25) is 14.5 Å². The highest BCUT2D eigenvalue weighted by molar-refractivity contribution is 6.33. The van der Waals surface area contributed by atoms with Crippen LogP contribution in [-0.2, 0) is 11.3 Å². The van der Waals surface area contributed by atoms with Gasteiger partial charge in [-0.25, -0.2) is 0 Å². The van der Waals surface area contributed by atoms with Crippen LogP contribution in [0, 0.1) is 0 Å². The van der Waals surface area contributed by atoms with Crippen molar-refractivity contribution in [1.82, 2.24) is 15.5 Å². The van der Waals surface area contributed by atoms with Gasteiger partial charge in [-0.05, 0) is 37.1 Å². The Labute approximate surface area is 169 Å². The van der Waals surface area contributed by atoms with Crippen LogP contribution < -0.4 is 23.0 Å². The first-order valence-corrected chi connectivity index (χ1v) is 9.06. The molecule has 1 saturated heterocycles. The molecule has 1 aromatic carbocycles. The van der Waals surface area contributed by atoms with Gasteiger partial charge in [0.2, 0.25) is 5.91 Å². The molecule has 2 aromatic rings. The molecule has 0 radical (unpaired) electrons. The van der Waals surface area contributed by atoms with E-state index < -0.39 is 0 Å². The molecule has 2 N–H and O–H groups in total. The molecular weight excluding hydrogens is 389 g/mol. The van der Waals surface area contributed by atoms with E-state index in [2.05, 4.69) is 15.5 Å². The maximum absolute atomic E-state index is 12.3. The number of likely N-dealkylation sites (tertiary alicyclic amines) is 1. The van der Waals surface area contributed by atoms with Gasteiger partial charge in [0.05, 0.1) is 29.9 Å². The second kappa shape index (κ2) is 10.3. The van der Waals surface area contributed by atoms with Crippen LogP contribution in [0.5, 0.6) is 0 Å². The van der Waals surface area contributed by atoms with Gasteiger partial charge in [-0.2, -0.15) is 0 Å². The molecule has 1 aromatic heterocycles. The zero-order chi connectivity index (χ0) is 18.4. The van der Waals surface area contributed by atoms with E-state index in [9.17, 15) is 9.59 Å². The van der Waals surface area contributed by atoms with Crippen molar-refractivity contribution < 1.29 is 26.4 Å². The second-order valence-corrected chi connectivity index (χ2v) is 6.77. The van der Waals surface area contributed by atoms with Crippen molar-refractivity contribution in [2.45, 2.75) is 25.4 Å². The molecule has 146 valence electrons. The number of rotatable bonds is 6. The molecule has 1 aliphatic heterocycles. The topological polar surface area (TPSA) is 74.6 Å². The van der Waals surface area contributed by atoms with Crippen LogP contribution in [0.15, 0.2) is 47.1 Å². The summed E-state index contributed by atoms with van der Waals surface area (Å²) in [6, 6.07) is 10.7. The summed E-state index contributed by atoms with van der Waals surface area (Å²) in [4.78, 5) is 26.4. The molecule has 0 atom stereocenters. The van der Waals surface area contributed by atoms with Gasteiger partial charge < -0.3 is 27.5 Å². The zero-order valence-electron chi connectivity index (χ0n) is 14.8. The van der Waals surface area contributed by atoms with Crippen molar-refractivity contribution in [3.8, 4) is 0 Å². The Morgan fingerprint density at radius 1 is 1.15 bits per heavy atom. The van der Waals surface area contributed by atoms with Crippen LogP contribution in [0.1, 0.15) is 29.0 Å². The quantitative estimate of drug-likeness (QED) is 0.669. The van der Waals surface area contributed by atoms with E-state index in [1.54, 1.807) is 36.6 Å². The summed E-state index contributed by atoms with van der Waals surface area (Å²) >= 11 is 6.06. The number of halogens is 2. The molecule has 3 rings (SSSR count). The third-order valence-electron chi connectivity index (χ3n) is 4.45. The average molecular weight is 411 g/mol. The molecule has 1 aliphatic rings. The smallest absolute Gasteiger partial charge is 0.253 e. The maximum atomic E-state index is 12.3. The predicted molar refractivity (Wildman–Crippen MR) is 98.9 cm³/mol. The predicted octanol–water partition coefficient (Wildman–Crippen LogP) is -0.552. The zero-order valence-corrected chi connectivity index (χ0v) is 16.3. The summed E-state index contributed by atoms with van der Waals surface area (Å²) < 4.78 is 5.19. The van der Waals surface area contributed by atoms with E-state index in [0.717, 1.165) is 31.7 Å². The lowest BCUT2D eigenvalue weighted by Gasteiger charge is -2.31. The van der Waals surface area contributed by atoms with E-state index >= 15 is 0 Å². The summed E-state index contributed by atoms with van der Waals surface area (Å²) in [5, 5.41) is 6.33. The fourth-order valence-corrected chi connectivity index (χ4v) is 3.22. The number of nitrogens with one attached hydrogen (secondary N) is 2. The van der Waals surface area contributed by atoms with Crippen LogP contribution in [0.4, 0.5) is 0 Å². The maximum Gasteiger partial charge on any atom is 0.253 e. The SMILES string of the molecule is O=C(CN1CCC(NC(=O)c2ccccc2Cl)CC1)NCc1ccco1.[Cl-]. The van der Waals surface area contributed by atoms with Gasteiger partial charge in [0.15, 0.2) is 0 Å². The molecule has 0 bridgehead atoms. The van der Waals surface area contributed by atoms with E-state index in [1.165, 1.54) is 0 Å². The fourth-order valence-electron chi connectivity index (χ4n) is 3.00. The second-order valence-electron chi connectivity index (χ2n) is 6.36. The monoisotopic (exact) mass is 410 g/mol. The third kappa shape index (κ3) is 6.27. The highest BCUT2D eigenvalue weighted by atomic mass is 35.5. The van der Waals surface area contributed by atoms with Crippen LogP contribution in [0.25, 0.3) is 0 Å². The van der Waals surface area contributed by atoms with Crippen molar-refractivity contribution in [3.63, 3.8) is 0 Å². The summed E-state index contributed by atoms with van der Waals surface area (Å²) in [7, 11) is 0. The number of carbonyl (C=O) groups excluding carboxylic acids is 2. The molecular formula is C19H22Cl2N3O3-. The summed E-state index contributed by atoms with van der Waals surface area (Å²) in [5.41, 5.74) is 0.494. The Morgan fingerprint density at radius 3 is 2.56 bits per heavy atom. The highest BCUT2D eigenvalue weighted by Crippen LogP contribution is 2.16. The van der Waals surface area contributed by atoms with Gasteiger partial charge in [-0.1, -0.05) is 23.7 Å². The van der Waals surface area contributed by atoms with E-state index in [-0.39, 0.29) is 30.3 Å². The number of nitrogens with zero attached hydrogens (tertiary/aromatic N) is 1. The standard InChI is InChI=1S/C19H22ClN3O3.ClH/c20-17-6-2-1-5-16(17)19(25)22-14-7-9-23(10-8-14)13-18(24)21-12-15-4-3-11-26-15;/h1-6,11,14H,7-10,12-13H2,(H,21,24)(H,22,25);1H/p-1. The van der Waals surface area contributed by atoms with E-state index in [1.807, 2.05) is 6.07 Å². The molecule has 0 spiro atoms. The van der Waals surface area contributed by atoms with Crippen LogP contribution in [0.2, 0.25) is 5.02 Å². The number of benzene rings is 1. The average Bonchev–Trinajstić information content (AvgIpc) is 3.15. The Morgan fingerprint density at radius 2 is 1.89 bits per heavy atom. The Bertz CT molecular complexity index is 744. The molecule has 8 heteroatoms. The summed E-state index contributed by atoms with van der Waals surface area (Å²) in [6.45, 7) is 2.28. The molecule has 0 unspecified atom stereocenters. The molecule has 27 heavy (non-hydrogen) atoms. The summed E-state index contributed by atoms with van der Waals surface area (Å²) in [6.07, 6.45) is 3.20. The van der Waals surface area contributed by atoms with Crippen LogP contribution in [-0.4, -0.2) is 42.4 Å². The van der Waals surface area contributed by atoms with Crippen molar-refractivity contribution in [2.24, 2.45) is 0 Å². The van der Waals surface area contributed by atoms with Gasteiger partial charge >= 0.3 is 0 Å². The number of hydrogen-bond donors (Lipinski definition) is 2. The number of hydrogen-bond acceptors (Lipinski definition) is 4. The van der Waals surface area contributed by atoms with Crippen LogP contribution in [0.3, 0.4) is 0 Å². The number of piperidine rings is 1. The molecule has 2 amide bonds. The minimum absolute atomic E-state index is 0. The van der Waals surface area contributed by atoms with Gasteiger partial charge in [0.25, 0.3) is 5.91 Å². The molecule has 6 nitrogen and oxygen atoms in total. The first-order valence-electron chi connectivity index (χ1n) is 8.68. The number of carbonyl (C=O) groups is 2. The lowest BCUT2D eigenvalue weighted by atomic mass is 10.0. The number of furan rings is 1. The first-order chi connectivity index (χ1) is 12.6. The third-order valence-corrected chi connectivity index (χ3v) is 4.78. The Kier molecular flexibility index (Phi) is 8.16. The molecule has 0 saturated carbocycles. The van der Waals surface area contributed by atoms with Crippen molar-refractivity contribution in [2.75, 3.05) is 19.6 Å². The van der Waals surface area contributed by atoms with E-state index in [0.29, 0.717) is 23.7 Å². The molecule has 2 heterocycles. The summed E-state index contributed by atoms with van der Waals surface area (Å²) in [5.74, 6) is 0.560. The van der Waals surface area contributed by atoms with Gasteiger partial charge in [-0.15, -0.1) is 0 Å². The van der Waals surface area contributed by atoms with E-state index in [4.69, 9.17) is 16.0 Å². The Balaban J connectivity index is 0.00000261. The fraction of sp³-hybridized carbons (Fsp3) is 0.368. The lowest BCUT2D eigenvalue weighted by molar-refractivity contribution is -0.122. The Hall–Kier alpha value is -2.02. The van der Waals surface area contributed by atoms with Gasteiger partial charge in [0, 0.05) is 19.1 Å². The normalized spacial score (nSPS) is 15.0. The largest absolute Gasteiger partial charge is 1.00 e.